The molecule has 1 N–H and O–H groups in total. The van der Waals surface area contributed by atoms with E-state index in [1.807, 2.05) is 12.1 Å². The van der Waals surface area contributed by atoms with Gasteiger partial charge in [-0.15, -0.1) is 0 Å². The number of nitrogens with one attached hydrogen (secondary N) is 1. The van der Waals surface area contributed by atoms with Gasteiger partial charge in [-0.1, -0.05) is 74.4 Å². The van der Waals surface area contributed by atoms with Gasteiger partial charge in [0.15, 0.2) is 0 Å². The molecule has 0 amide bonds. The van der Waals surface area contributed by atoms with Gasteiger partial charge in [0.1, 0.15) is 5.82 Å². The minimum atomic E-state index is 0.625. The number of hydrogen-bond donors (Lipinski definition) is 1. The summed E-state index contributed by atoms with van der Waals surface area (Å²) in [6, 6.07) is 12.6. The summed E-state index contributed by atoms with van der Waals surface area (Å²) in [5, 5.41) is 1.27. The van der Waals surface area contributed by atoms with Crippen LogP contribution in [0.15, 0.2) is 36.4 Å². The fourth-order valence-electron chi connectivity index (χ4n) is 3.81. The number of imidazole rings is 1. The predicted octanol–water partition coefficient (Wildman–Crippen LogP) is 8.34. The van der Waals surface area contributed by atoms with Crippen molar-refractivity contribution in [2.75, 3.05) is 0 Å². The molecule has 2 nitrogen and oxygen atoms in total. The van der Waals surface area contributed by atoms with Crippen LogP contribution in [0, 0.1) is 0 Å². The summed E-state index contributed by atoms with van der Waals surface area (Å²) in [4.78, 5) is 8.29. The molecule has 4 heteroatoms. The quantitative estimate of drug-likeness (QED) is 0.287. The van der Waals surface area contributed by atoms with Crippen molar-refractivity contribution in [3.05, 3.63) is 63.4 Å². The predicted molar refractivity (Wildman–Crippen MR) is 126 cm³/mol. The van der Waals surface area contributed by atoms with Crippen LogP contribution in [-0.4, -0.2) is 9.97 Å². The lowest BCUT2D eigenvalue weighted by atomic mass is 10.1. The summed E-state index contributed by atoms with van der Waals surface area (Å²) in [5.41, 5.74) is 4.95. The van der Waals surface area contributed by atoms with E-state index in [2.05, 4.69) is 36.2 Å². The fraction of sp³-hybridized carbons (Fsp3) is 0.480. The van der Waals surface area contributed by atoms with Gasteiger partial charge in [-0.25, -0.2) is 4.98 Å². The number of halogens is 2. The Bertz CT molecular complexity index is 901. The molecule has 3 aromatic rings. The maximum absolute atomic E-state index is 6.09. The third kappa shape index (κ3) is 7.04. The zero-order chi connectivity index (χ0) is 20.5. The highest BCUT2D eigenvalue weighted by molar-refractivity contribution is 6.42. The molecule has 0 saturated carbocycles. The highest BCUT2D eigenvalue weighted by atomic mass is 35.5. The van der Waals surface area contributed by atoms with Crippen LogP contribution in [0.4, 0.5) is 0 Å². The zero-order valence-corrected chi connectivity index (χ0v) is 19.0. The van der Waals surface area contributed by atoms with Crippen molar-refractivity contribution in [3.8, 4) is 0 Å². The number of rotatable bonds is 12. The molecule has 0 aliphatic rings. The van der Waals surface area contributed by atoms with Gasteiger partial charge in [0, 0.05) is 6.42 Å². The van der Waals surface area contributed by atoms with Crippen LogP contribution in [0.3, 0.4) is 0 Å². The molecule has 0 aliphatic carbocycles. The van der Waals surface area contributed by atoms with Crippen LogP contribution in [0.2, 0.25) is 10.0 Å². The first-order chi connectivity index (χ1) is 14.2. The van der Waals surface area contributed by atoms with Crippen molar-refractivity contribution >= 4 is 34.2 Å². The molecule has 0 radical (unpaired) electrons. The van der Waals surface area contributed by atoms with E-state index in [9.17, 15) is 0 Å². The van der Waals surface area contributed by atoms with Crippen molar-refractivity contribution in [2.45, 2.75) is 77.6 Å². The van der Waals surface area contributed by atoms with E-state index in [0.717, 1.165) is 37.0 Å². The van der Waals surface area contributed by atoms with Crippen molar-refractivity contribution in [3.63, 3.8) is 0 Å². The van der Waals surface area contributed by atoms with Crippen molar-refractivity contribution < 1.29 is 0 Å². The van der Waals surface area contributed by atoms with Gasteiger partial charge in [0.2, 0.25) is 0 Å². The second-order valence-corrected chi connectivity index (χ2v) is 8.82. The Morgan fingerprint density at radius 3 is 2.14 bits per heavy atom. The molecular formula is C25H32Cl2N2. The third-order valence-electron chi connectivity index (χ3n) is 5.53. The van der Waals surface area contributed by atoms with E-state index in [1.54, 1.807) is 0 Å². The summed E-state index contributed by atoms with van der Waals surface area (Å²) < 4.78 is 0. The van der Waals surface area contributed by atoms with E-state index in [1.165, 1.54) is 61.6 Å². The minimum absolute atomic E-state index is 0.625. The van der Waals surface area contributed by atoms with Crippen LogP contribution < -0.4 is 0 Å². The van der Waals surface area contributed by atoms with Crippen LogP contribution >= 0.6 is 23.2 Å². The molecule has 0 atom stereocenters. The number of aromatic nitrogens is 2. The Morgan fingerprint density at radius 2 is 1.38 bits per heavy atom. The fourth-order valence-corrected chi connectivity index (χ4v) is 4.13. The number of H-pyrrole nitrogens is 1. The highest BCUT2D eigenvalue weighted by Crippen LogP contribution is 2.23. The van der Waals surface area contributed by atoms with E-state index in [4.69, 9.17) is 28.2 Å². The molecule has 0 bridgehead atoms. The summed E-state index contributed by atoms with van der Waals surface area (Å²) in [7, 11) is 0. The van der Waals surface area contributed by atoms with E-state index in [0.29, 0.717) is 10.0 Å². The number of nitrogens with zero attached hydrogens (tertiary/aromatic N) is 1. The monoisotopic (exact) mass is 430 g/mol. The Hall–Kier alpha value is -1.51. The number of aryl methyl sites for hydroxylation is 3. The summed E-state index contributed by atoms with van der Waals surface area (Å²) in [6.07, 6.45) is 13.3. The van der Waals surface area contributed by atoms with Gasteiger partial charge in [-0.3, -0.25) is 0 Å². The van der Waals surface area contributed by atoms with Gasteiger partial charge in [-0.05, 0) is 67.5 Å². The van der Waals surface area contributed by atoms with Crippen LogP contribution in [0.25, 0.3) is 11.0 Å². The lowest BCUT2D eigenvalue weighted by molar-refractivity contribution is 0.632. The molecule has 2 aromatic carbocycles. The topological polar surface area (TPSA) is 28.7 Å². The summed E-state index contributed by atoms with van der Waals surface area (Å²) in [5.74, 6) is 1.11. The first-order valence-electron chi connectivity index (χ1n) is 11.1. The Kier molecular flexibility index (Phi) is 8.89. The average molecular weight is 431 g/mol. The zero-order valence-electron chi connectivity index (χ0n) is 17.4. The van der Waals surface area contributed by atoms with Crippen molar-refractivity contribution in [2.24, 2.45) is 0 Å². The summed E-state index contributed by atoms with van der Waals surface area (Å²) >= 11 is 12.1. The van der Waals surface area contributed by atoms with Crippen molar-refractivity contribution in [1.82, 2.24) is 9.97 Å². The lowest BCUT2D eigenvalue weighted by Crippen LogP contribution is -1.90. The normalized spacial score (nSPS) is 11.4. The molecule has 3 rings (SSSR count). The average Bonchev–Trinajstić information content (AvgIpc) is 3.12. The van der Waals surface area contributed by atoms with E-state index >= 15 is 0 Å². The van der Waals surface area contributed by atoms with E-state index < -0.39 is 0 Å². The Balaban J connectivity index is 1.41. The molecule has 1 heterocycles. The maximum atomic E-state index is 6.09. The van der Waals surface area contributed by atoms with Gasteiger partial charge >= 0.3 is 0 Å². The first-order valence-corrected chi connectivity index (χ1v) is 11.8. The Labute approximate surface area is 185 Å². The minimum Gasteiger partial charge on any atom is -0.342 e. The van der Waals surface area contributed by atoms with Crippen LogP contribution in [0.5, 0.6) is 0 Å². The van der Waals surface area contributed by atoms with Crippen LogP contribution in [-0.2, 0) is 19.3 Å². The number of unbranched alkanes of at least 4 members (excludes halogenated alkanes) is 6. The summed E-state index contributed by atoms with van der Waals surface area (Å²) in [6.45, 7) is 2.26. The second kappa shape index (κ2) is 11.6. The SMILES string of the molecule is CCCCCCCc1ccc2nc(CCCCCc3ccc(Cl)c(Cl)c3)[nH]c2c1. The Morgan fingerprint density at radius 1 is 0.724 bits per heavy atom. The molecule has 0 aliphatic heterocycles. The number of hydrogen-bond acceptors (Lipinski definition) is 1. The van der Waals surface area contributed by atoms with Gasteiger partial charge in [0.05, 0.1) is 21.1 Å². The maximum Gasteiger partial charge on any atom is 0.107 e. The number of benzene rings is 2. The lowest BCUT2D eigenvalue weighted by Gasteiger charge is -2.03. The smallest absolute Gasteiger partial charge is 0.107 e. The largest absolute Gasteiger partial charge is 0.342 e. The molecule has 29 heavy (non-hydrogen) atoms. The molecule has 0 fully saturated rings. The third-order valence-corrected chi connectivity index (χ3v) is 6.27. The molecular weight excluding hydrogens is 399 g/mol. The number of fused-ring (bicyclic) bond motifs is 1. The standard InChI is InChI=1S/C25H32Cl2N2/c1-2-3-4-5-7-11-20-14-16-23-24(18-20)29-25(28-23)12-9-6-8-10-19-13-15-21(26)22(27)17-19/h13-18H,2-12H2,1H3,(H,28,29). The highest BCUT2D eigenvalue weighted by Gasteiger charge is 2.05. The molecule has 1 aromatic heterocycles. The van der Waals surface area contributed by atoms with Crippen LogP contribution in [0.1, 0.15) is 75.2 Å². The molecule has 0 saturated heterocycles. The van der Waals surface area contributed by atoms with Gasteiger partial charge in [0.25, 0.3) is 0 Å². The second-order valence-electron chi connectivity index (χ2n) is 8.01. The van der Waals surface area contributed by atoms with E-state index in [-0.39, 0.29) is 0 Å². The molecule has 0 unspecified atom stereocenters. The van der Waals surface area contributed by atoms with Crippen molar-refractivity contribution in [1.29, 1.82) is 0 Å². The van der Waals surface area contributed by atoms with Gasteiger partial charge in [-0.2, -0.15) is 0 Å². The molecule has 156 valence electrons. The van der Waals surface area contributed by atoms with Gasteiger partial charge < -0.3 is 4.98 Å². The first kappa shape index (κ1) is 22.2. The number of aromatic amines is 1. The molecule has 0 spiro atoms.